The normalized spacial score (nSPS) is 26.0. The van der Waals surface area contributed by atoms with E-state index in [1.54, 1.807) is 0 Å². The van der Waals surface area contributed by atoms with E-state index in [4.69, 9.17) is 4.74 Å². The van der Waals surface area contributed by atoms with Crippen molar-refractivity contribution >= 4 is 17.8 Å². The highest BCUT2D eigenvalue weighted by atomic mass is 16.5. The molecule has 3 aliphatic rings. The molecule has 1 atom stereocenters. The van der Waals surface area contributed by atoms with E-state index in [1.807, 2.05) is 11.8 Å². The molecule has 1 saturated carbocycles. The molecule has 1 unspecified atom stereocenters. The molecule has 3 rings (SSSR count). The Morgan fingerprint density at radius 1 is 1.28 bits per heavy atom. The Bertz CT molecular complexity index is 524. The van der Waals surface area contributed by atoms with Crippen LogP contribution in [0.5, 0.6) is 0 Å². The van der Waals surface area contributed by atoms with Crippen LogP contribution in [0.15, 0.2) is 0 Å². The lowest BCUT2D eigenvalue weighted by molar-refractivity contribution is -0.151. The Morgan fingerprint density at radius 3 is 2.60 bits per heavy atom. The first-order valence-corrected chi connectivity index (χ1v) is 9.53. The number of carbonyl (C=O) groups excluding carboxylic acids is 3. The Labute approximate surface area is 148 Å². The number of likely N-dealkylation sites (tertiary alicyclic amines) is 1. The summed E-state index contributed by atoms with van der Waals surface area (Å²) in [6, 6.07) is 0.181. The van der Waals surface area contributed by atoms with Crippen LogP contribution in [0.2, 0.25) is 0 Å². The number of amides is 2. The van der Waals surface area contributed by atoms with Crippen LogP contribution in [-0.2, 0) is 19.1 Å². The molecule has 2 saturated heterocycles. The van der Waals surface area contributed by atoms with E-state index in [0.29, 0.717) is 45.5 Å². The fraction of sp³-hybridized carbons (Fsp3) is 0.833. The van der Waals surface area contributed by atoms with Crippen LogP contribution in [0.1, 0.15) is 51.9 Å². The van der Waals surface area contributed by atoms with Crippen molar-refractivity contribution in [3.63, 3.8) is 0 Å². The van der Waals surface area contributed by atoms with Crippen molar-refractivity contribution in [3.05, 3.63) is 0 Å². The minimum atomic E-state index is -0.141. The molecule has 1 aliphatic carbocycles. The first-order valence-electron chi connectivity index (χ1n) is 9.53. The number of esters is 1. The smallest absolute Gasteiger partial charge is 0.309 e. The van der Waals surface area contributed by atoms with Crippen molar-refractivity contribution in [1.29, 1.82) is 0 Å². The van der Waals surface area contributed by atoms with Gasteiger partial charge in [0.15, 0.2) is 0 Å². The van der Waals surface area contributed by atoms with Gasteiger partial charge in [0.05, 0.1) is 24.6 Å². The maximum Gasteiger partial charge on any atom is 0.309 e. The minimum absolute atomic E-state index is 0.0775. The predicted octanol–water partition coefficient (Wildman–Crippen LogP) is 0.579. The van der Waals surface area contributed by atoms with Crippen LogP contribution >= 0.6 is 0 Å². The van der Waals surface area contributed by atoms with E-state index in [0.717, 1.165) is 25.7 Å². The fourth-order valence-corrected chi connectivity index (χ4v) is 4.25. The van der Waals surface area contributed by atoms with Gasteiger partial charge in [-0.1, -0.05) is 0 Å². The van der Waals surface area contributed by atoms with Gasteiger partial charge in [-0.25, -0.2) is 0 Å². The highest BCUT2D eigenvalue weighted by molar-refractivity contribution is 5.80. The molecule has 2 aliphatic heterocycles. The summed E-state index contributed by atoms with van der Waals surface area (Å²) in [6.45, 7) is 3.73. The van der Waals surface area contributed by atoms with Gasteiger partial charge in [0, 0.05) is 25.6 Å². The molecule has 0 aromatic rings. The lowest BCUT2D eigenvalue weighted by atomic mass is 9.68. The van der Waals surface area contributed by atoms with Crippen LogP contribution in [0, 0.1) is 5.92 Å². The molecule has 0 aromatic heterocycles. The van der Waals surface area contributed by atoms with Gasteiger partial charge in [-0.3, -0.25) is 14.4 Å². The summed E-state index contributed by atoms with van der Waals surface area (Å²) in [5.41, 5.74) is -0.132. The van der Waals surface area contributed by atoms with Crippen LogP contribution in [0.4, 0.5) is 0 Å². The average Bonchev–Trinajstić information content (AvgIpc) is 2.59. The highest BCUT2D eigenvalue weighted by Crippen LogP contribution is 2.38. The molecule has 2 amide bonds. The quantitative estimate of drug-likeness (QED) is 0.708. The molecule has 140 valence electrons. The lowest BCUT2D eigenvalue weighted by Crippen LogP contribution is -2.68. The second-order valence-corrected chi connectivity index (χ2v) is 7.44. The number of nitrogens with one attached hydrogen (secondary N) is 2. The van der Waals surface area contributed by atoms with Crippen molar-refractivity contribution < 1.29 is 19.1 Å². The number of carbonyl (C=O) groups is 3. The number of nitrogens with zero attached hydrogens (tertiary/aromatic N) is 1. The SMILES string of the molecule is CCOC(=O)C1CCN(C(=O)CNC2CCC(=O)NC23CCC3)CC1. The molecule has 3 fully saturated rings. The third-order valence-electron chi connectivity index (χ3n) is 5.93. The molecule has 1 spiro atoms. The van der Waals surface area contributed by atoms with Crippen molar-refractivity contribution in [2.24, 2.45) is 5.92 Å². The van der Waals surface area contributed by atoms with Gasteiger partial charge in [0.25, 0.3) is 0 Å². The van der Waals surface area contributed by atoms with Gasteiger partial charge in [-0.2, -0.15) is 0 Å². The maximum atomic E-state index is 12.5. The van der Waals surface area contributed by atoms with E-state index in [2.05, 4.69) is 10.6 Å². The Balaban J connectivity index is 1.44. The summed E-state index contributed by atoms with van der Waals surface area (Å²) in [5, 5.41) is 6.52. The molecule has 0 radical (unpaired) electrons. The van der Waals surface area contributed by atoms with Gasteiger partial charge in [0.2, 0.25) is 11.8 Å². The second-order valence-electron chi connectivity index (χ2n) is 7.44. The summed E-state index contributed by atoms with van der Waals surface area (Å²) >= 11 is 0. The first-order chi connectivity index (χ1) is 12.0. The summed E-state index contributed by atoms with van der Waals surface area (Å²) in [5.74, 6) is -0.0137. The average molecular weight is 351 g/mol. The van der Waals surface area contributed by atoms with Gasteiger partial charge in [-0.05, 0) is 45.4 Å². The summed E-state index contributed by atoms with van der Waals surface area (Å²) in [7, 11) is 0. The number of hydrogen-bond donors (Lipinski definition) is 2. The lowest BCUT2D eigenvalue weighted by Gasteiger charge is -2.51. The molecule has 2 N–H and O–H groups in total. The summed E-state index contributed by atoms with van der Waals surface area (Å²) < 4.78 is 5.07. The zero-order chi connectivity index (χ0) is 17.9. The largest absolute Gasteiger partial charge is 0.466 e. The van der Waals surface area contributed by atoms with Crippen LogP contribution in [-0.4, -0.2) is 60.5 Å². The van der Waals surface area contributed by atoms with Gasteiger partial charge >= 0.3 is 5.97 Å². The monoisotopic (exact) mass is 351 g/mol. The van der Waals surface area contributed by atoms with Crippen molar-refractivity contribution in [2.45, 2.75) is 63.5 Å². The first kappa shape index (κ1) is 18.2. The molecule has 7 heteroatoms. The van der Waals surface area contributed by atoms with E-state index >= 15 is 0 Å². The molecular formula is C18H29N3O4. The number of hydrogen-bond acceptors (Lipinski definition) is 5. The van der Waals surface area contributed by atoms with Crippen LogP contribution < -0.4 is 10.6 Å². The van der Waals surface area contributed by atoms with Crippen molar-refractivity contribution in [2.75, 3.05) is 26.2 Å². The Kier molecular flexibility index (Phi) is 5.61. The van der Waals surface area contributed by atoms with Crippen molar-refractivity contribution in [3.8, 4) is 0 Å². The van der Waals surface area contributed by atoms with Crippen molar-refractivity contribution in [1.82, 2.24) is 15.5 Å². The third kappa shape index (κ3) is 3.97. The number of ether oxygens (including phenoxy) is 1. The fourth-order valence-electron chi connectivity index (χ4n) is 4.25. The Hall–Kier alpha value is -1.63. The van der Waals surface area contributed by atoms with E-state index < -0.39 is 0 Å². The molecule has 0 aromatic carbocycles. The topological polar surface area (TPSA) is 87.7 Å². The molecule has 7 nitrogen and oxygen atoms in total. The van der Waals surface area contributed by atoms with E-state index in [-0.39, 0.29) is 35.3 Å². The van der Waals surface area contributed by atoms with Gasteiger partial charge in [0.1, 0.15) is 0 Å². The molecule has 2 heterocycles. The summed E-state index contributed by atoms with van der Waals surface area (Å²) in [6.07, 6.45) is 5.80. The minimum Gasteiger partial charge on any atom is -0.466 e. The number of rotatable bonds is 5. The van der Waals surface area contributed by atoms with Gasteiger partial charge < -0.3 is 20.3 Å². The molecular weight excluding hydrogens is 322 g/mol. The van der Waals surface area contributed by atoms with E-state index in [1.165, 1.54) is 0 Å². The molecule has 0 bridgehead atoms. The van der Waals surface area contributed by atoms with Crippen LogP contribution in [0.3, 0.4) is 0 Å². The number of piperidine rings is 2. The van der Waals surface area contributed by atoms with Crippen LogP contribution in [0.25, 0.3) is 0 Å². The summed E-state index contributed by atoms with van der Waals surface area (Å²) in [4.78, 5) is 37.8. The third-order valence-corrected chi connectivity index (χ3v) is 5.93. The molecule has 25 heavy (non-hydrogen) atoms. The van der Waals surface area contributed by atoms with Gasteiger partial charge in [-0.15, -0.1) is 0 Å². The standard InChI is InChI=1S/C18H29N3O4/c1-2-25-17(24)13-6-10-21(11-7-13)16(23)12-19-14-4-5-15(22)20-18(14)8-3-9-18/h13-14,19H,2-12H2,1H3,(H,20,22). The second kappa shape index (κ2) is 7.72. The zero-order valence-corrected chi connectivity index (χ0v) is 15.0. The highest BCUT2D eigenvalue weighted by Gasteiger charge is 2.47. The predicted molar refractivity (Wildman–Crippen MR) is 91.7 cm³/mol. The zero-order valence-electron chi connectivity index (χ0n) is 15.0. The Morgan fingerprint density at radius 2 is 2.00 bits per heavy atom. The van der Waals surface area contributed by atoms with E-state index in [9.17, 15) is 14.4 Å². The maximum absolute atomic E-state index is 12.5.